The first-order valence-corrected chi connectivity index (χ1v) is 11.1. The number of nitrogens with zero attached hydrogens (tertiary/aromatic N) is 2. The largest absolute Gasteiger partial charge is 0.493 e. The van der Waals surface area contributed by atoms with E-state index in [-0.39, 0.29) is 11.9 Å². The molecule has 3 rings (SSSR count). The van der Waals surface area contributed by atoms with Gasteiger partial charge in [-0.1, -0.05) is 61.4 Å². The average molecular weight is 426 g/mol. The summed E-state index contributed by atoms with van der Waals surface area (Å²) >= 11 is 1.43. The molecule has 0 spiro atoms. The predicted molar refractivity (Wildman–Crippen MR) is 122 cm³/mol. The van der Waals surface area contributed by atoms with Crippen molar-refractivity contribution < 1.29 is 14.3 Å². The molecule has 30 heavy (non-hydrogen) atoms. The van der Waals surface area contributed by atoms with Gasteiger partial charge >= 0.3 is 5.97 Å². The van der Waals surface area contributed by atoms with Gasteiger partial charge in [0, 0.05) is 5.75 Å². The van der Waals surface area contributed by atoms with Gasteiger partial charge in [-0.05, 0) is 42.2 Å². The predicted octanol–water partition coefficient (Wildman–Crippen LogP) is 4.76. The summed E-state index contributed by atoms with van der Waals surface area (Å²) in [4.78, 5) is 12.4. The van der Waals surface area contributed by atoms with E-state index in [0.29, 0.717) is 16.7 Å². The molecule has 1 aliphatic rings. The summed E-state index contributed by atoms with van der Waals surface area (Å²) < 4.78 is 11.0. The Bertz CT molecular complexity index is 894. The summed E-state index contributed by atoms with van der Waals surface area (Å²) in [6.07, 6.45) is 6.74. The fraction of sp³-hybridized carbons (Fsp3) is 0.348. The lowest BCUT2D eigenvalue weighted by atomic mass is 9.89. The molecular formula is C23H27N3O3S. The highest BCUT2D eigenvalue weighted by atomic mass is 32.2. The third-order valence-electron chi connectivity index (χ3n) is 4.93. The van der Waals surface area contributed by atoms with E-state index >= 15 is 0 Å². The molecule has 0 heterocycles. The van der Waals surface area contributed by atoms with Crippen LogP contribution < -0.4 is 15.2 Å². The minimum absolute atomic E-state index is 0.0182. The summed E-state index contributed by atoms with van der Waals surface area (Å²) in [6.45, 7) is 0. The van der Waals surface area contributed by atoms with Crippen LogP contribution in [0, 0.1) is 5.92 Å². The zero-order valence-corrected chi connectivity index (χ0v) is 17.9. The second-order valence-corrected chi connectivity index (χ2v) is 8.12. The van der Waals surface area contributed by atoms with Crippen LogP contribution in [0.2, 0.25) is 0 Å². The highest BCUT2D eigenvalue weighted by molar-refractivity contribution is 8.13. The van der Waals surface area contributed by atoms with E-state index in [2.05, 4.69) is 10.2 Å². The molecule has 0 unspecified atom stereocenters. The highest BCUT2D eigenvalue weighted by Gasteiger charge is 2.24. The molecule has 2 N–H and O–H groups in total. The van der Waals surface area contributed by atoms with Gasteiger partial charge in [0.1, 0.15) is 0 Å². The third-order valence-corrected chi connectivity index (χ3v) is 5.78. The summed E-state index contributed by atoms with van der Waals surface area (Å²) in [5.41, 5.74) is 7.85. The maximum atomic E-state index is 12.4. The molecule has 158 valence electrons. The fourth-order valence-corrected chi connectivity index (χ4v) is 3.90. The van der Waals surface area contributed by atoms with Gasteiger partial charge in [-0.15, -0.1) is 5.10 Å². The van der Waals surface area contributed by atoms with E-state index in [1.54, 1.807) is 31.5 Å². The van der Waals surface area contributed by atoms with Gasteiger partial charge < -0.3 is 15.2 Å². The van der Waals surface area contributed by atoms with Gasteiger partial charge in [0.05, 0.1) is 19.2 Å². The Balaban J connectivity index is 1.57. The second-order valence-electron chi connectivity index (χ2n) is 7.12. The van der Waals surface area contributed by atoms with Crippen LogP contribution >= 0.6 is 11.8 Å². The monoisotopic (exact) mass is 425 g/mol. The van der Waals surface area contributed by atoms with Gasteiger partial charge in [-0.25, -0.2) is 0 Å². The van der Waals surface area contributed by atoms with Crippen LogP contribution in [0.15, 0.2) is 58.7 Å². The zero-order chi connectivity index (χ0) is 21.2. The molecule has 0 amide bonds. The number of nitrogens with two attached hydrogens (primary N) is 1. The van der Waals surface area contributed by atoms with Crippen molar-refractivity contribution in [2.45, 2.75) is 37.9 Å². The molecule has 0 radical (unpaired) electrons. The van der Waals surface area contributed by atoms with Gasteiger partial charge in [0.2, 0.25) is 0 Å². The summed E-state index contributed by atoms with van der Waals surface area (Å²) in [7, 11) is 1.55. The molecule has 0 atom stereocenters. The highest BCUT2D eigenvalue weighted by Crippen LogP contribution is 2.31. The van der Waals surface area contributed by atoms with E-state index in [1.165, 1.54) is 23.7 Å². The van der Waals surface area contributed by atoms with Crippen LogP contribution in [-0.4, -0.2) is 24.5 Å². The molecule has 7 heteroatoms. The second kappa shape index (κ2) is 11.4. The minimum atomic E-state index is -0.178. The number of methoxy groups -OCH3 is 1. The number of esters is 1. The maximum absolute atomic E-state index is 12.4. The standard InChI is InChI=1S/C23H27N3O3S/c1-28-21-14-18(12-13-20(21)29-22(27)19-10-6-3-7-11-19)15-25-26-23(24)30-16-17-8-4-2-5-9-17/h2,4-5,8-9,12-15,19H,3,6-7,10-11,16H2,1H3,(H2,24,26). The molecule has 0 aliphatic heterocycles. The molecule has 1 saturated carbocycles. The lowest BCUT2D eigenvalue weighted by Gasteiger charge is -2.20. The number of amidine groups is 1. The molecule has 2 aromatic rings. The van der Waals surface area contributed by atoms with Crippen LogP contribution in [0.5, 0.6) is 11.5 Å². The summed E-state index contributed by atoms with van der Waals surface area (Å²) in [5, 5.41) is 8.46. The van der Waals surface area contributed by atoms with Gasteiger partial charge in [-0.2, -0.15) is 5.10 Å². The molecule has 1 aliphatic carbocycles. The number of benzene rings is 2. The maximum Gasteiger partial charge on any atom is 0.314 e. The number of rotatable bonds is 7. The summed E-state index contributed by atoms with van der Waals surface area (Å²) in [5.74, 6) is 1.45. The van der Waals surface area contributed by atoms with Gasteiger partial charge in [0.15, 0.2) is 16.7 Å². The summed E-state index contributed by atoms with van der Waals surface area (Å²) in [6, 6.07) is 15.3. The van der Waals surface area contributed by atoms with Crippen LogP contribution in [0.3, 0.4) is 0 Å². The molecule has 2 aromatic carbocycles. The van der Waals surface area contributed by atoms with Crippen molar-refractivity contribution in [2.75, 3.05) is 7.11 Å². The van der Waals surface area contributed by atoms with E-state index in [0.717, 1.165) is 37.0 Å². The van der Waals surface area contributed by atoms with Crippen molar-refractivity contribution >= 4 is 29.1 Å². The molecule has 6 nitrogen and oxygen atoms in total. The van der Waals surface area contributed by atoms with E-state index in [4.69, 9.17) is 15.2 Å². The molecule has 0 aromatic heterocycles. The SMILES string of the molecule is COc1cc(C=NN=C(N)SCc2ccccc2)ccc1OC(=O)C1CCCCC1. The quantitative estimate of drug-likeness (QED) is 0.227. The number of carbonyl (C=O) groups excluding carboxylic acids is 1. The van der Waals surface area contributed by atoms with E-state index in [9.17, 15) is 4.79 Å². The fourth-order valence-electron chi connectivity index (χ4n) is 3.29. The smallest absolute Gasteiger partial charge is 0.314 e. The van der Waals surface area contributed by atoms with Crippen molar-refractivity contribution in [3.8, 4) is 11.5 Å². The van der Waals surface area contributed by atoms with Crippen molar-refractivity contribution in [1.82, 2.24) is 0 Å². The van der Waals surface area contributed by atoms with Gasteiger partial charge in [0.25, 0.3) is 0 Å². The zero-order valence-electron chi connectivity index (χ0n) is 17.1. The Morgan fingerprint density at radius 3 is 2.63 bits per heavy atom. The molecule has 1 fully saturated rings. The van der Waals surface area contributed by atoms with Crippen molar-refractivity contribution in [2.24, 2.45) is 21.9 Å². The Morgan fingerprint density at radius 2 is 1.90 bits per heavy atom. The topological polar surface area (TPSA) is 86.3 Å². The number of thioether (sulfide) groups is 1. The average Bonchev–Trinajstić information content (AvgIpc) is 2.79. The van der Waals surface area contributed by atoms with Crippen molar-refractivity contribution in [3.05, 3.63) is 59.7 Å². The van der Waals surface area contributed by atoms with Crippen LogP contribution in [-0.2, 0) is 10.5 Å². The number of ether oxygens (including phenoxy) is 2. The molecule has 0 saturated heterocycles. The lowest BCUT2D eigenvalue weighted by molar-refractivity contribution is -0.140. The van der Waals surface area contributed by atoms with Crippen molar-refractivity contribution in [1.29, 1.82) is 0 Å². The first kappa shape index (κ1) is 21.9. The Kier molecular flexibility index (Phi) is 8.32. The van der Waals surface area contributed by atoms with Crippen LogP contribution in [0.25, 0.3) is 0 Å². The number of carbonyl (C=O) groups is 1. The Labute approximate surface area is 181 Å². The van der Waals surface area contributed by atoms with Crippen molar-refractivity contribution in [3.63, 3.8) is 0 Å². The Hall–Kier alpha value is -2.80. The number of hydrogen-bond donors (Lipinski definition) is 1. The first-order chi connectivity index (χ1) is 14.7. The van der Waals surface area contributed by atoms with Crippen LogP contribution in [0.1, 0.15) is 43.2 Å². The van der Waals surface area contributed by atoms with E-state index in [1.807, 2.05) is 30.3 Å². The van der Waals surface area contributed by atoms with E-state index < -0.39 is 0 Å². The Morgan fingerprint density at radius 1 is 1.13 bits per heavy atom. The minimum Gasteiger partial charge on any atom is -0.493 e. The number of hydrogen-bond acceptors (Lipinski definition) is 6. The molecule has 0 bridgehead atoms. The molecular weight excluding hydrogens is 398 g/mol. The normalized spacial score (nSPS) is 15.3. The first-order valence-electron chi connectivity index (χ1n) is 10.1. The van der Waals surface area contributed by atoms with Crippen LogP contribution in [0.4, 0.5) is 0 Å². The van der Waals surface area contributed by atoms with Gasteiger partial charge in [-0.3, -0.25) is 4.79 Å². The lowest BCUT2D eigenvalue weighted by Crippen LogP contribution is -2.22. The third kappa shape index (κ3) is 6.62.